The number of hydrogen-bond donors (Lipinski definition) is 2. The van der Waals surface area contributed by atoms with Gasteiger partial charge in [-0.15, -0.1) is 24.0 Å². The number of benzene rings is 2. The minimum absolute atomic E-state index is 0. The number of guanidine groups is 1. The molecule has 162 valence electrons. The summed E-state index contributed by atoms with van der Waals surface area (Å²) in [5.74, 6) is 1.70. The summed E-state index contributed by atoms with van der Waals surface area (Å²) in [4.78, 5) is 18.8. The first-order chi connectivity index (χ1) is 14.1. The number of ether oxygens (including phenoxy) is 2. The molecule has 8 heteroatoms. The van der Waals surface area contributed by atoms with Crippen molar-refractivity contribution in [3.63, 3.8) is 0 Å². The van der Waals surface area contributed by atoms with Crippen LogP contribution >= 0.6 is 24.0 Å². The second-order valence-electron chi connectivity index (χ2n) is 6.94. The number of aliphatic imine (C=N–C) groups is 1. The molecule has 1 heterocycles. The number of methoxy groups -OCH3 is 2. The number of carbonyl (C=O) groups excluding carboxylic acids is 1. The standard InChI is InChI=1S/C22H28N4O3.HI/c1-28-18-10-11-20(29-2)19(14-18)25-22(23)24-15-16-6-8-17(9-7-16)21(27)26-12-4-3-5-13-26;/h6-11,14H,3-5,12-13,15H2,1-2H3,(H3,23,24,25);1H. The smallest absolute Gasteiger partial charge is 0.253 e. The quantitative estimate of drug-likeness (QED) is 0.340. The van der Waals surface area contributed by atoms with Crippen molar-refractivity contribution in [2.75, 3.05) is 32.6 Å². The van der Waals surface area contributed by atoms with Gasteiger partial charge in [0.2, 0.25) is 0 Å². The van der Waals surface area contributed by atoms with E-state index in [4.69, 9.17) is 15.2 Å². The van der Waals surface area contributed by atoms with Crippen molar-refractivity contribution >= 4 is 41.5 Å². The van der Waals surface area contributed by atoms with E-state index in [1.54, 1.807) is 26.4 Å². The highest BCUT2D eigenvalue weighted by molar-refractivity contribution is 14.0. The van der Waals surface area contributed by atoms with E-state index in [9.17, 15) is 4.79 Å². The highest BCUT2D eigenvalue weighted by Gasteiger charge is 2.17. The third kappa shape index (κ3) is 6.25. The zero-order chi connectivity index (χ0) is 20.6. The fraction of sp³-hybridized carbons (Fsp3) is 0.364. The maximum atomic E-state index is 12.5. The molecule has 1 aliphatic heterocycles. The third-order valence-electron chi connectivity index (χ3n) is 4.95. The number of carbonyl (C=O) groups is 1. The Bertz CT molecular complexity index is 865. The van der Waals surface area contributed by atoms with Gasteiger partial charge in [-0.1, -0.05) is 12.1 Å². The van der Waals surface area contributed by atoms with Crippen LogP contribution in [0, 0.1) is 0 Å². The number of nitrogens with zero attached hydrogens (tertiary/aromatic N) is 2. The summed E-state index contributed by atoms with van der Waals surface area (Å²) in [6.45, 7) is 2.10. The maximum absolute atomic E-state index is 12.5. The number of hydrogen-bond acceptors (Lipinski definition) is 4. The molecule has 0 atom stereocenters. The fourth-order valence-corrected chi connectivity index (χ4v) is 3.30. The molecule has 30 heavy (non-hydrogen) atoms. The first-order valence-corrected chi connectivity index (χ1v) is 9.78. The van der Waals surface area contributed by atoms with Crippen LogP contribution in [0.2, 0.25) is 0 Å². The minimum atomic E-state index is 0. The van der Waals surface area contributed by atoms with Gasteiger partial charge in [-0.25, -0.2) is 4.99 Å². The number of rotatable bonds is 6. The molecule has 1 aliphatic rings. The molecule has 2 aromatic rings. The molecule has 0 saturated carbocycles. The van der Waals surface area contributed by atoms with Gasteiger partial charge < -0.3 is 25.4 Å². The molecule has 3 N–H and O–H groups in total. The van der Waals surface area contributed by atoms with Crippen LogP contribution in [-0.4, -0.2) is 44.1 Å². The van der Waals surface area contributed by atoms with E-state index in [1.807, 2.05) is 35.2 Å². The van der Waals surface area contributed by atoms with Crippen molar-refractivity contribution < 1.29 is 14.3 Å². The van der Waals surface area contributed by atoms with Gasteiger partial charge in [0.05, 0.1) is 26.5 Å². The Balaban J connectivity index is 0.00000320. The van der Waals surface area contributed by atoms with Crippen LogP contribution in [-0.2, 0) is 6.54 Å². The van der Waals surface area contributed by atoms with Crippen molar-refractivity contribution in [2.24, 2.45) is 10.7 Å². The van der Waals surface area contributed by atoms with Gasteiger partial charge in [0, 0.05) is 24.7 Å². The Labute approximate surface area is 194 Å². The van der Waals surface area contributed by atoms with Crippen molar-refractivity contribution in [3.8, 4) is 11.5 Å². The predicted octanol–water partition coefficient (Wildman–Crippen LogP) is 3.87. The van der Waals surface area contributed by atoms with E-state index < -0.39 is 0 Å². The van der Waals surface area contributed by atoms with Crippen molar-refractivity contribution in [1.29, 1.82) is 0 Å². The molecule has 2 aromatic carbocycles. The number of likely N-dealkylation sites (tertiary alicyclic amines) is 1. The largest absolute Gasteiger partial charge is 0.497 e. The van der Waals surface area contributed by atoms with E-state index >= 15 is 0 Å². The van der Waals surface area contributed by atoms with Crippen LogP contribution < -0.4 is 20.5 Å². The lowest BCUT2D eigenvalue weighted by Gasteiger charge is -2.26. The Kier molecular flexibility index (Phi) is 9.22. The number of nitrogens with two attached hydrogens (primary N) is 1. The molecule has 7 nitrogen and oxygen atoms in total. The number of anilines is 1. The van der Waals surface area contributed by atoms with Crippen LogP contribution in [0.3, 0.4) is 0 Å². The highest BCUT2D eigenvalue weighted by atomic mass is 127. The molecule has 0 aliphatic carbocycles. The lowest BCUT2D eigenvalue weighted by molar-refractivity contribution is 0.0724. The second-order valence-corrected chi connectivity index (χ2v) is 6.94. The van der Waals surface area contributed by atoms with Crippen LogP contribution in [0.4, 0.5) is 5.69 Å². The van der Waals surface area contributed by atoms with Gasteiger partial charge in [-0.05, 0) is 49.1 Å². The minimum Gasteiger partial charge on any atom is -0.497 e. The van der Waals surface area contributed by atoms with Gasteiger partial charge in [-0.3, -0.25) is 4.79 Å². The molecule has 0 unspecified atom stereocenters. The van der Waals surface area contributed by atoms with Crippen molar-refractivity contribution in [2.45, 2.75) is 25.8 Å². The lowest BCUT2D eigenvalue weighted by atomic mass is 10.1. The number of piperidine rings is 1. The Hall–Kier alpha value is -2.49. The molecule has 3 rings (SSSR count). The Morgan fingerprint density at radius 3 is 2.40 bits per heavy atom. The molecule has 0 bridgehead atoms. The number of nitrogens with one attached hydrogen (secondary N) is 1. The summed E-state index contributed by atoms with van der Waals surface area (Å²) in [5.41, 5.74) is 8.39. The third-order valence-corrected chi connectivity index (χ3v) is 4.95. The van der Waals surface area contributed by atoms with Gasteiger partial charge in [0.1, 0.15) is 11.5 Å². The van der Waals surface area contributed by atoms with Crippen LogP contribution in [0.1, 0.15) is 35.2 Å². The van der Waals surface area contributed by atoms with Crippen molar-refractivity contribution in [3.05, 3.63) is 53.6 Å². The SMILES string of the molecule is COc1ccc(OC)c(NC(N)=NCc2ccc(C(=O)N3CCCCC3)cc2)c1.I. The average molecular weight is 524 g/mol. The Morgan fingerprint density at radius 2 is 1.77 bits per heavy atom. The summed E-state index contributed by atoms with van der Waals surface area (Å²) >= 11 is 0. The Morgan fingerprint density at radius 1 is 1.07 bits per heavy atom. The molecule has 0 radical (unpaired) electrons. The van der Waals surface area contributed by atoms with Gasteiger partial charge in [-0.2, -0.15) is 0 Å². The maximum Gasteiger partial charge on any atom is 0.253 e. The molecule has 0 aromatic heterocycles. The molecule has 1 amide bonds. The monoisotopic (exact) mass is 524 g/mol. The van der Waals surface area contributed by atoms with E-state index in [0.29, 0.717) is 29.3 Å². The van der Waals surface area contributed by atoms with Crippen molar-refractivity contribution in [1.82, 2.24) is 4.90 Å². The van der Waals surface area contributed by atoms with Gasteiger partial charge in [0.15, 0.2) is 5.96 Å². The second kappa shape index (κ2) is 11.6. The van der Waals surface area contributed by atoms with Gasteiger partial charge >= 0.3 is 0 Å². The zero-order valence-corrected chi connectivity index (χ0v) is 19.7. The fourth-order valence-electron chi connectivity index (χ4n) is 3.30. The van der Waals surface area contributed by atoms with E-state index in [-0.39, 0.29) is 35.8 Å². The topological polar surface area (TPSA) is 89.2 Å². The van der Waals surface area contributed by atoms with E-state index in [0.717, 1.165) is 31.5 Å². The summed E-state index contributed by atoms with van der Waals surface area (Å²) in [5, 5.41) is 3.04. The molecule has 0 spiro atoms. The first kappa shape index (κ1) is 23.8. The van der Waals surface area contributed by atoms with Crippen LogP contribution in [0.25, 0.3) is 0 Å². The van der Waals surface area contributed by atoms with Crippen LogP contribution in [0.15, 0.2) is 47.5 Å². The van der Waals surface area contributed by atoms with E-state index in [1.165, 1.54) is 6.42 Å². The van der Waals surface area contributed by atoms with Crippen LogP contribution in [0.5, 0.6) is 11.5 Å². The number of halogens is 1. The molecular formula is C22H29IN4O3. The summed E-state index contributed by atoms with van der Waals surface area (Å²) in [6.07, 6.45) is 3.38. The normalized spacial score (nSPS) is 13.9. The summed E-state index contributed by atoms with van der Waals surface area (Å²) in [7, 11) is 3.19. The summed E-state index contributed by atoms with van der Waals surface area (Å²) in [6, 6.07) is 13.0. The van der Waals surface area contributed by atoms with Gasteiger partial charge in [0.25, 0.3) is 5.91 Å². The predicted molar refractivity (Wildman–Crippen MR) is 130 cm³/mol. The zero-order valence-electron chi connectivity index (χ0n) is 17.4. The molecular weight excluding hydrogens is 495 g/mol. The lowest BCUT2D eigenvalue weighted by Crippen LogP contribution is -2.35. The summed E-state index contributed by atoms with van der Waals surface area (Å²) < 4.78 is 10.6. The highest BCUT2D eigenvalue weighted by Crippen LogP contribution is 2.28. The molecule has 1 saturated heterocycles. The first-order valence-electron chi connectivity index (χ1n) is 9.78. The average Bonchev–Trinajstić information content (AvgIpc) is 2.78. The molecule has 1 fully saturated rings. The van der Waals surface area contributed by atoms with E-state index in [2.05, 4.69) is 10.3 Å². The number of amides is 1.